The van der Waals surface area contributed by atoms with Crippen LogP contribution in [0.2, 0.25) is 0 Å². The van der Waals surface area contributed by atoms with Crippen LogP contribution in [0.1, 0.15) is 39.5 Å². The zero-order valence-corrected chi connectivity index (χ0v) is 8.21. The Morgan fingerprint density at radius 2 is 2.17 bits per heavy atom. The Bertz CT molecular complexity index is 143. The van der Waals surface area contributed by atoms with Crippen LogP contribution in [0.4, 0.5) is 0 Å². The third-order valence-electron chi connectivity index (χ3n) is 2.36. The van der Waals surface area contributed by atoms with Crippen LogP contribution in [0.25, 0.3) is 0 Å². The number of hydrogen-bond donors (Lipinski definition) is 1. The molecule has 12 heavy (non-hydrogen) atoms. The Hall–Kier alpha value is -0.500. The highest BCUT2D eigenvalue weighted by molar-refractivity contribution is 4.95. The molecule has 0 fully saturated rings. The highest BCUT2D eigenvalue weighted by Gasteiger charge is 2.12. The average molecular weight is 168 g/mol. The monoisotopic (exact) mass is 168 g/mol. The van der Waals surface area contributed by atoms with Gasteiger partial charge in [-0.25, -0.2) is 5.01 Å². The zero-order valence-electron chi connectivity index (χ0n) is 8.21. The van der Waals surface area contributed by atoms with Crippen LogP contribution in [0.3, 0.4) is 0 Å². The van der Waals surface area contributed by atoms with Gasteiger partial charge in [0.15, 0.2) is 0 Å². The van der Waals surface area contributed by atoms with Crippen LogP contribution in [0, 0.1) is 0 Å². The molecule has 1 aliphatic rings. The maximum atomic E-state index is 3.24. The molecule has 2 heteroatoms. The number of unbranched alkanes of at least 4 members (excludes halogenated alkanes) is 3. The fraction of sp³-hybridized carbons (Fsp3) is 0.800. The summed E-state index contributed by atoms with van der Waals surface area (Å²) in [5.41, 5.74) is 3.24. The minimum absolute atomic E-state index is 0.576. The van der Waals surface area contributed by atoms with Gasteiger partial charge < -0.3 is 5.43 Å². The van der Waals surface area contributed by atoms with Gasteiger partial charge in [-0.15, -0.1) is 0 Å². The number of hydrogen-bond acceptors (Lipinski definition) is 2. The molecule has 1 N–H and O–H groups in total. The lowest BCUT2D eigenvalue weighted by Crippen LogP contribution is -2.36. The number of nitrogens with zero attached hydrogens (tertiary/aromatic N) is 1. The van der Waals surface area contributed by atoms with E-state index in [0.29, 0.717) is 6.04 Å². The van der Waals surface area contributed by atoms with E-state index >= 15 is 0 Å². The van der Waals surface area contributed by atoms with Gasteiger partial charge in [-0.3, -0.25) is 0 Å². The van der Waals surface area contributed by atoms with E-state index in [1.807, 2.05) is 6.20 Å². The lowest BCUT2D eigenvalue weighted by atomic mass is 10.2. The Kier molecular flexibility index (Phi) is 4.15. The summed E-state index contributed by atoms with van der Waals surface area (Å²) in [6.07, 6.45) is 9.59. The average Bonchev–Trinajstić information content (AvgIpc) is 2.46. The summed E-state index contributed by atoms with van der Waals surface area (Å²) in [6, 6.07) is 0.576. The molecular weight excluding hydrogens is 148 g/mol. The smallest absolute Gasteiger partial charge is 0.0459 e. The molecule has 0 aromatic heterocycles. The van der Waals surface area contributed by atoms with Crippen LogP contribution < -0.4 is 5.43 Å². The van der Waals surface area contributed by atoms with Crippen molar-refractivity contribution in [3.8, 4) is 0 Å². The molecule has 1 atom stereocenters. The van der Waals surface area contributed by atoms with Gasteiger partial charge in [0.2, 0.25) is 0 Å². The lowest BCUT2D eigenvalue weighted by molar-refractivity contribution is 0.206. The van der Waals surface area contributed by atoms with Gasteiger partial charge in [0.05, 0.1) is 0 Å². The second kappa shape index (κ2) is 5.20. The predicted molar refractivity (Wildman–Crippen MR) is 52.6 cm³/mol. The highest BCUT2D eigenvalue weighted by Crippen LogP contribution is 2.06. The van der Waals surface area contributed by atoms with Crippen molar-refractivity contribution in [2.45, 2.75) is 45.6 Å². The van der Waals surface area contributed by atoms with Crippen LogP contribution in [0.15, 0.2) is 12.3 Å². The van der Waals surface area contributed by atoms with Crippen LogP contribution in [-0.2, 0) is 0 Å². The van der Waals surface area contributed by atoms with E-state index in [9.17, 15) is 0 Å². The van der Waals surface area contributed by atoms with E-state index in [2.05, 4.69) is 30.4 Å². The molecule has 1 unspecified atom stereocenters. The first-order valence-electron chi connectivity index (χ1n) is 5.04. The number of rotatable bonds is 5. The van der Waals surface area contributed by atoms with Crippen LogP contribution >= 0.6 is 0 Å². The molecule has 2 nitrogen and oxygen atoms in total. The van der Waals surface area contributed by atoms with Gasteiger partial charge in [0, 0.05) is 18.8 Å². The summed E-state index contributed by atoms with van der Waals surface area (Å²) < 4.78 is 0. The molecule has 0 bridgehead atoms. The fourth-order valence-electron chi connectivity index (χ4n) is 1.48. The molecule has 70 valence electrons. The van der Waals surface area contributed by atoms with Gasteiger partial charge in [0.1, 0.15) is 0 Å². The maximum Gasteiger partial charge on any atom is 0.0459 e. The van der Waals surface area contributed by atoms with Gasteiger partial charge >= 0.3 is 0 Å². The Balaban J connectivity index is 2.00. The van der Waals surface area contributed by atoms with Crippen molar-refractivity contribution in [2.24, 2.45) is 0 Å². The molecule has 1 heterocycles. The summed E-state index contributed by atoms with van der Waals surface area (Å²) >= 11 is 0. The molecule has 1 rings (SSSR count). The van der Waals surface area contributed by atoms with Crippen molar-refractivity contribution in [1.29, 1.82) is 0 Å². The van der Waals surface area contributed by atoms with Crippen LogP contribution in [-0.4, -0.2) is 17.6 Å². The Morgan fingerprint density at radius 1 is 1.33 bits per heavy atom. The van der Waals surface area contributed by atoms with Crippen molar-refractivity contribution >= 4 is 0 Å². The quantitative estimate of drug-likeness (QED) is 0.634. The third kappa shape index (κ3) is 2.86. The first-order valence-corrected chi connectivity index (χ1v) is 5.04. The summed E-state index contributed by atoms with van der Waals surface area (Å²) in [5, 5.41) is 2.29. The van der Waals surface area contributed by atoms with Crippen molar-refractivity contribution in [3.63, 3.8) is 0 Å². The maximum absolute atomic E-state index is 3.24. The predicted octanol–water partition coefficient (Wildman–Crippen LogP) is 2.29. The number of hydrazine groups is 1. The molecule has 0 saturated heterocycles. The zero-order chi connectivity index (χ0) is 8.81. The second-order valence-corrected chi connectivity index (χ2v) is 3.48. The summed E-state index contributed by atoms with van der Waals surface area (Å²) in [6.45, 7) is 5.64. The molecule has 0 radical (unpaired) electrons. The van der Waals surface area contributed by atoms with Crippen molar-refractivity contribution in [1.82, 2.24) is 10.4 Å². The van der Waals surface area contributed by atoms with Gasteiger partial charge in [-0.2, -0.15) is 0 Å². The molecule has 0 amide bonds. The van der Waals surface area contributed by atoms with Crippen molar-refractivity contribution in [2.75, 3.05) is 6.54 Å². The van der Waals surface area contributed by atoms with Gasteiger partial charge in [-0.05, 0) is 19.4 Å². The van der Waals surface area contributed by atoms with Crippen molar-refractivity contribution < 1.29 is 0 Å². The minimum Gasteiger partial charge on any atom is -0.326 e. The van der Waals surface area contributed by atoms with Gasteiger partial charge in [0.25, 0.3) is 0 Å². The highest BCUT2D eigenvalue weighted by atomic mass is 15.5. The third-order valence-corrected chi connectivity index (χ3v) is 2.36. The second-order valence-electron chi connectivity index (χ2n) is 3.48. The molecular formula is C10H20N2. The molecule has 0 aliphatic carbocycles. The standard InChI is InChI=1S/C10H20N2/c1-3-4-5-6-9-12-10(2)7-8-11-12/h7-8,10-11H,3-6,9H2,1-2H3. The topological polar surface area (TPSA) is 15.3 Å². The van der Waals surface area contributed by atoms with E-state index in [1.165, 1.54) is 32.2 Å². The van der Waals surface area contributed by atoms with Crippen LogP contribution in [0.5, 0.6) is 0 Å². The van der Waals surface area contributed by atoms with E-state index in [0.717, 1.165) is 0 Å². The Labute approximate surface area is 75.6 Å². The fourth-order valence-corrected chi connectivity index (χ4v) is 1.48. The van der Waals surface area contributed by atoms with E-state index in [-0.39, 0.29) is 0 Å². The first-order chi connectivity index (χ1) is 5.84. The van der Waals surface area contributed by atoms with E-state index in [4.69, 9.17) is 0 Å². The molecule has 0 aromatic rings. The normalized spacial score (nSPS) is 23.0. The largest absolute Gasteiger partial charge is 0.326 e. The molecule has 1 aliphatic heterocycles. The lowest BCUT2D eigenvalue weighted by Gasteiger charge is -2.20. The minimum atomic E-state index is 0.576. The SMILES string of the molecule is CCCCCCN1NC=CC1C. The summed E-state index contributed by atoms with van der Waals surface area (Å²) in [5.74, 6) is 0. The first kappa shape index (κ1) is 9.59. The summed E-state index contributed by atoms with van der Waals surface area (Å²) in [7, 11) is 0. The Morgan fingerprint density at radius 3 is 2.75 bits per heavy atom. The molecule has 0 aromatic carbocycles. The number of nitrogens with one attached hydrogen (secondary N) is 1. The molecule has 0 spiro atoms. The molecule has 0 saturated carbocycles. The van der Waals surface area contributed by atoms with Crippen molar-refractivity contribution in [3.05, 3.63) is 12.3 Å². The van der Waals surface area contributed by atoms with Gasteiger partial charge in [-0.1, -0.05) is 26.2 Å². The van der Waals surface area contributed by atoms with E-state index in [1.54, 1.807) is 0 Å². The van der Waals surface area contributed by atoms with E-state index < -0.39 is 0 Å². The summed E-state index contributed by atoms with van der Waals surface area (Å²) in [4.78, 5) is 0.